The van der Waals surface area contributed by atoms with Crippen molar-refractivity contribution in [2.45, 2.75) is 25.5 Å². The zero-order valence-corrected chi connectivity index (χ0v) is 13.4. The Hall–Kier alpha value is -2.50. The minimum Gasteiger partial charge on any atom is -0.392 e. The quantitative estimate of drug-likeness (QED) is 0.674. The van der Waals surface area contributed by atoms with Crippen molar-refractivity contribution >= 4 is 11.7 Å². The maximum atomic E-state index is 12.0. The summed E-state index contributed by atoms with van der Waals surface area (Å²) in [6, 6.07) is 16.0. The van der Waals surface area contributed by atoms with Gasteiger partial charge in [0.05, 0.1) is 19.2 Å². The van der Waals surface area contributed by atoms with Gasteiger partial charge >= 0.3 is 0 Å². The second-order valence-corrected chi connectivity index (χ2v) is 5.70. The normalized spacial score (nSPS) is 11.8. The van der Waals surface area contributed by atoms with Gasteiger partial charge in [0.25, 0.3) is 0 Å². The lowest BCUT2D eigenvalue weighted by Crippen LogP contribution is -2.44. The fourth-order valence-corrected chi connectivity index (χ4v) is 2.33. The van der Waals surface area contributed by atoms with Crippen LogP contribution in [0.4, 0.5) is 0 Å². The molecule has 5 nitrogen and oxygen atoms in total. The van der Waals surface area contributed by atoms with Gasteiger partial charge in [-0.05, 0) is 23.1 Å². The molecule has 0 heterocycles. The standard InChI is InChI=1S/C19H22N2O3/c20-18(11-14-4-2-1-3-5-14)19(24)21-12-17(23)10-15-6-8-16(13-22)9-7-15/h1-9,18,22H,10-13,20H2,(H,21,24)/t18-/m0/s1. The molecule has 0 aliphatic carbocycles. The molecule has 0 saturated heterocycles. The molecule has 2 rings (SSSR count). The summed E-state index contributed by atoms with van der Waals surface area (Å²) >= 11 is 0. The highest BCUT2D eigenvalue weighted by atomic mass is 16.3. The number of amides is 1. The summed E-state index contributed by atoms with van der Waals surface area (Å²) in [4.78, 5) is 23.9. The molecule has 0 fully saturated rings. The molecule has 1 atom stereocenters. The summed E-state index contributed by atoms with van der Waals surface area (Å²) < 4.78 is 0. The van der Waals surface area contributed by atoms with E-state index in [9.17, 15) is 9.59 Å². The van der Waals surface area contributed by atoms with Gasteiger partial charge in [-0.25, -0.2) is 0 Å². The Bertz CT molecular complexity index is 669. The van der Waals surface area contributed by atoms with Crippen LogP contribution in [0.5, 0.6) is 0 Å². The second-order valence-electron chi connectivity index (χ2n) is 5.70. The molecular weight excluding hydrogens is 304 g/mol. The van der Waals surface area contributed by atoms with Crippen LogP contribution in [0.2, 0.25) is 0 Å². The van der Waals surface area contributed by atoms with Crippen LogP contribution in [0.3, 0.4) is 0 Å². The molecule has 0 spiro atoms. The maximum absolute atomic E-state index is 12.0. The van der Waals surface area contributed by atoms with Crippen LogP contribution in [-0.4, -0.2) is 29.4 Å². The topological polar surface area (TPSA) is 92.4 Å². The van der Waals surface area contributed by atoms with E-state index in [0.717, 1.165) is 16.7 Å². The molecule has 0 unspecified atom stereocenters. The number of carbonyl (C=O) groups is 2. The molecule has 126 valence electrons. The number of hydrogen-bond donors (Lipinski definition) is 3. The summed E-state index contributed by atoms with van der Waals surface area (Å²) in [6.07, 6.45) is 0.670. The van der Waals surface area contributed by atoms with Crippen molar-refractivity contribution in [1.82, 2.24) is 5.32 Å². The lowest BCUT2D eigenvalue weighted by atomic mass is 10.1. The number of benzene rings is 2. The summed E-state index contributed by atoms with van der Waals surface area (Å²) in [7, 11) is 0. The minimum atomic E-state index is -0.677. The van der Waals surface area contributed by atoms with E-state index in [2.05, 4.69) is 5.32 Å². The smallest absolute Gasteiger partial charge is 0.237 e. The van der Waals surface area contributed by atoms with Crippen molar-refractivity contribution < 1.29 is 14.7 Å². The number of ketones is 1. The highest BCUT2D eigenvalue weighted by molar-refractivity contribution is 5.89. The highest BCUT2D eigenvalue weighted by Gasteiger charge is 2.15. The van der Waals surface area contributed by atoms with Gasteiger partial charge in [0.1, 0.15) is 0 Å². The third kappa shape index (κ3) is 5.61. The van der Waals surface area contributed by atoms with E-state index in [-0.39, 0.29) is 31.3 Å². The second kappa shape index (κ2) is 8.96. The van der Waals surface area contributed by atoms with Gasteiger partial charge < -0.3 is 16.2 Å². The first-order valence-corrected chi connectivity index (χ1v) is 7.86. The number of nitrogens with one attached hydrogen (secondary N) is 1. The Morgan fingerprint density at radius 3 is 2.21 bits per heavy atom. The van der Waals surface area contributed by atoms with E-state index in [1.807, 2.05) is 30.3 Å². The molecule has 1 amide bonds. The lowest BCUT2D eigenvalue weighted by Gasteiger charge is -2.12. The molecule has 0 bridgehead atoms. The zero-order valence-electron chi connectivity index (χ0n) is 13.4. The average molecular weight is 326 g/mol. The summed E-state index contributed by atoms with van der Waals surface area (Å²) in [5.41, 5.74) is 8.50. The van der Waals surface area contributed by atoms with Gasteiger partial charge in [0.15, 0.2) is 5.78 Å². The van der Waals surface area contributed by atoms with Crippen LogP contribution in [0.1, 0.15) is 16.7 Å². The number of hydrogen-bond acceptors (Lipinski definition) is 4. The number of aliphatic hydroxyl groups excluding tert-OH is 1. The third-order valence-electron chi connectivity index (χ3n) is 3.70. The Kier molecular flexibility index (Phi) is 6.66. The highest BCUT2D eigenvalue weighted by Crippen LogP contribution is 2.05. The minimum absolute atomic E-state index is 0.0242. The van der Waals surface area contributed by atoms with Gasteiger partial charge in [-0.15, -0.1) is 0 Å². The first-order chi connectivity index (χ1) is 11.6. The molecule has 0 saturated carbocycles. The third-order valence-corrected chi connectivity index (χ3v) is 3.70. The largest absolute Gasteiger partial charge is 0.392 e. The van der Waals surface area contributed by atoms with Gasteiger partial charge in [0.2, 0.25) is 5.91 Å². The number of carbonyl (C=O) groups excluding carboxylic acids is 2. The summed E-state index contributed by atoms with van der Waals surface area (Å²) in [6.45, 7) is -0.0628. The lowest BCUT2D eigenvalue weighted by molar-refractivity contribution is -0.125. The van der Waals surface area contributed by atoms with Gasteiger partial charge in [0, 0.05) is 6.42 Å². The van der Waals surface area contributed by atoms with E-state index >= 15 is 0 Å². The van der Waals surface area contributed by atoms with Crippen LogP contribution in [0.15, 0.2) is 54.6 Å². The monoisotopic (exact) mass is 326 g/mol. The Morgan fingerprint density at radius 1 is 0.958 bits per heavy atom. The molecule has 24 heavy (non-hydrogen) atoms. The average Bonchev–Trinajstić information content (AvgIpc) is 2.61. The van der Waals surface area contributed by atoms with Crippen LogP contribution in [-0.2, 0) is 29.0 Å². The predicted molar refractivity (Wildman–Crippen MR) is 92.2 cm³/mol. The maximum Gasteiger partial charge on any atom is 0.237 e. The number of rotatable bonds is 8. The van der Waals surface area contributed by atoms with E-state index in [1.54, 1.807) is 24.3 Å². The molecule has 4 N–H and O–H groups in total. The molecule has 5 heteroatoms. The van der Waals surface area contributed by atoms with Crippen LogP contribution in [0, 0.1) is 0 Å². The molecule has 0 aliphatic heterocycles. The Morgan fingerprint density at radius 2 is 1.58 bits per heavy atom. The molecule has 0 aliphatic rings. The van der Waals surface area contributed by atoms with Crippen molar-refractivity contribution in [3.05, 3.63) is 71.3 Å². The van der Waals surface area contributed by atoms with Crippen LogP contribution >= 0.6 is 0 Å². The molecule has 2 aromatic rings. The van der Waals surface area contributed by atoms with Crippen LogP contribution in [0.25, 0.3) is 0 Å². The molecular formula is C19H22N2O3. The Balaban J connectivity index is 1.76. The fourth-order valence-electron chi connectivity index (χ4n) is 2.33. The van der Waals surface area contributed by atoms with Crippen molar-refractivity contribution in [3.8, 4) is 0 Å². The number of Topliss-reactive ketones (excluding diaryl/α,β-unsaturated/α-hetero) is 1. The van der Waals surface area contributed by atoms with Crippen molar-refractivity contribution in [2.24, 2.45) is 5.73 Å². The van der Waals surface area contributed by atoms with Crippen molar-refractivity contribution in [2.75, 3.05) is 6.54 Å². The fraction of sp³-hybridized carbons (Fsp3) is 0.263. The SMILES string of the molecule is N[C@@H](Cc1ccccc1)C(=O)NCC(=O)Cc1ccc(CO)cc1. The molecule has 0 radical (unpaired) electrons. The molecule has 0 aromatic heterocycles. The number of aliphatic hydroxyl groups is 1. The predicted octanol–water partition coefficient (Wildman–Crippen LogP) is 0.977. The number of nitrogens with two attached hydrogens (primary N) is 1. The summed E-state index contributed by atoms with van der Waals surface area (Å²) in [5.74, 6) is -0.421. The summed E-state index contributed by atoms with van der Waals surface area (Å²) in [5, 5.41) is 11.6. The first-order valence-electron chi connectivity index (χ1n) is 7.86. The van der Waals surface area contributed by atoms with E-state index < -0.39 is 6.04 Å². The molecule has 2 aromatic carbocycles. The van der Waals surface area contributed by atoms with Gasteiger partial charge in [-0.3, -0.25) is 9.59 Å². The van der Waals surface area contributed by atoms with Crippen LogP contribution < -0.4 is 11.1 Å². The van der Waals surface area contributed by atoms with Gasteiger partial charge in [-0.2, -0.15) is 0 Å². The first kappa shape index (κ1) is 17.8. The van der Waals surface area contributed by atoms with E-state index in [1.165, 1.54) is 0 Å². The van der Waals surface area contributed by atoms with Gasteiger partial charge in [-0.1, -0.05) is 54.6 Å². The van der Waals surface area contributed by atoms with E-state index in [0.29, 0.717) is 6.42 Å². The Labute approximate surface area is 141 Å². The van der Waals surface area contributed by atoms with Crippen molar-refractivity contribution in [1.29, 1.82) is 0 Å². The van der Waals surface area contributed by atoms with E-state index in [4.69, 9.17) is 10.8 Å². The van der Waals surface area contributed by atoms with Crippen molar-refractivity contribution in [3.63, 3.8) is 0 Å². The zero-order chi connectivity index (χ0) is 17.4.